The normalized spacial score (nSPS) is 22.9. The maximum atomic E-state index is 14.3. The van der Waals surface area contributed by atoms with Crippen molar-refractivity contribution in [3.63, 3.8) is 0 Å². The summed E-state index contributed by atoms with van der Waals surface area (Å²) in [7, 11) is -4.03. The number of hydrogen-bond acceptors (Lipinski definition) is 11. The summed E-state index contributed by atoms with van der Waals surface area (Å²) in [5.41, 5.74) is 1.62. The zero-order chi connectivity index (χ0) is 36.1. The van der Waals surface area contributed by atoms with Gasteiger partial charge in [-0.3, -0.25) is 0 Å². The molecular weight excluding hydrogens is 691 g/mol. The van der Waals surface area contributed by atoms with Gasteiger partial charge in [0.15, 0.2) is 11.4 Å². The second-order valence-electron chi connectivity index (χ2n) is 15.0. The number of sulfonamides is 1. The van der Waals surface area contributed by atoms with E-state index in [1.807, 2.05) is 44.2 Å². The second-order valence-corrected chi connectivity index (χ2v) is 17.9. The van der Waals surface area contributed by atoms with Crippen molar-refractivity contribution in [2.24, 2.45) is 17.8 Å². The van der Waals surface area contributed by atoms with Crippen LogP contribution < -0.4 is 10.6 Å². The number of anilines is 1. The zero-order valence-corrected chi connectivity index (χ0v) is 31.7. The maximum absolute atomic E-state index is 14.3. The second kappa shape index (κ2) is 16.9. The molecule has 1 aromatic heterocycles. The van der Waals surface area contributed by atoms with Gasteiger partial charge in [0, 0.05) is 38.8 Å². The molecule has 1 amide bonds. The van der Waals surface area contributed by atoms with Crippen LogP contribution in [0.5, 0.6) is 0 Å². The number of piperidine rings is 1. The number of aliphatic hydroxyl groups is 1. The van der Waals surface area contributed by atoms with Crippen molar-refractivity contribution in [3.8, 4) is 0 Å². The number of fused-ring (bicyclic) bond motifs is 2. The highest BCUT2D eigenvalue weighted by molar-refractivity contribution is 7.89. The number of benzene rings is 2. The average Bonchev–Trinajstić information content (AvgIpc) is 3.82. The van der Waals surface area contributed by atoms with Crippen LogP contribution >= 0.6 is 11.3 Å². The number of alkyl carbamates (subject to hydrolysis) is 1. The SMILES string of the molecule is CC(C)CN1CCC(Nc2nc3ccc(S(=O)(=O)N(CC(C)C)C[C@@H](O)[C@H](Cc4ccccc4)NC(=O)O[C@H]4CO[C@H]5OCCC54)cc3s2)CC1. The van der Waals surface area contributed by atoms with Gasteiger partial charge >= 0.3 is 6.09 Å². The molecule has 3 aliphatic heterocycles. The van der Waals surface area contributed by atoms with E-state index in [4.69, 9.17) is 19.2 Å². The third kappa shape index (κ3) is 9.78. The number of amides is 1. The molecule has 3 fully saturated rings. The Labute approximate surface area is 305 Å². The summed E-state index contributed by atoms with van der Waals surface area (Å²) >= 11 is 1.46. The summed E-state index contributed by atoms with van der Waals surface area (Å²) in [5.74, 6) is 0.597. The summed E-state index contributed by atoms with van der Waals surface area (Å²) < 4.78 is 47.5. The fourth-order valence-electron chi connectivity index (χ4n) is 7.26. The van der Waals surface area contributed by atoms with Gasteiger partial charge in [-0.25, -0.2) is 18.2 Å². The van der Waals surface area contributed by atoms with E-state index in [9.17, 15) is 18.3 Å². The third-order valence-electron chi connectivity index (χ3n) is 9.81. The first-order valence-electron chi connectivity index (χ1n) is 18.3. The highest BCUT2D eigenvalue weighted by Gasteiger charge is 2.44. The summed E-state index contributed by atoms with van der Waals surface area (Å²) in [4.78, 5) is 20.6. The van der Waals surface area contributed by atoms with Crippen LogP contribution in [0.4, 0.5) is 9.93 Å². The Balaban J connectivity index is 1.15. The Morgan fingerprint density at radius 3 is 2.55 bits per heavy atom. The van der Waals surface area contributed by atoms with Crippen LogP contribution in [0.1, 0.15) is 52.5 Å². The van der Waals surface area contributed by atoms with Crippen LogP contribution in [0.2, 0.25) is 0 Å². The van der Waals surface area contributed by atoms with E-state index in [2.05, 4.69) is 29.4 Å². The predicted molar refractivity (Wildman–Crippen MR) is 198 cm³/mol. The molecular formula is C37H53N5O7S2. The van der Waals surface area contributed by atoms with Gasteiger partial charge in [-0.05, 0) is 61.3 Å². The first-order valence-corrected chi connectivity index (χ1v) is 20.5. The Bertz CT molecular complexity index is 1700. The van der Waals surface area contributed by atoms with Crippen LogP contribution in [0.3, 0.4) is 0 Å². The maximum Gasteiger partial charge on any atom is 0.407 e. The van der Waals surface area contributed by atoms with Crippen molar-refractivity contribution >= 4 is 42.8 Å². The van der Waals surface area contributed by atoms with E-state index in [-0.39, 0.29) is 49.1 Å². The molecule has 12 nitrogen and oxygen atoms in total. The molecule has 0 spiro atoms. The lowest BCUT2D eigenvalue weighted by Gasteiger charge is -2.33. The van der Waals surface area contributed by atoms with Crippen LogP contribution in [0.25, 0.3) is 10.2 Å². The molecule has 0 radical (unpaired) electrons. The molecule has 3 saturated heterocycles. The molecule has 0 bridgehead atoms. The molecule has 1 unspecified atom stereocenters. The number of thiazole rings is 1. The molecule has 51 heavy (non-hydrogen) atoms. The van der Waals surface area contributed by atoms with E-state index < -0.39 is 34.4 Å². The quantitative estimate of drug-likeness (QED) is 0.196. The Morgan fingerprint density at radius 2 is 1.82 bits per heavy atom. The standard InChI is InChI=1S/C37H53N5O7S2/c1-24(2)20-41-15-12-27(13-16-41)38-36-39-30-11-10-28(19-34(30)50-36)51(45,46)42(21-25(3)4)22-32(43)31(18-26-8-6-5-7-9-26)40-37(44)49-33-23-48-35-29(33)14-17-47-35/h5-11,19,24-25,27,29,31-33,35,43H,12-18,20-23H2,1-4H3,(H,38,39)(H,40,44)/t29?,31-,32+,33-,35+/m0/s1. The minimum absolute atomic E-state index is 0.0173. The van der Waals surface area contributed by atoms with Crippen molar-refractivity contribution in [3.05, 3.63) is 54.1 Å². The lowest BCUT2D eigenvalue weighted by Crippen LogP contribution is -2.51. The van der Waals surface area contributed by atoms with E-state index >= 15 is 0 Å². The summed E-state index contributed by atoms with van der Waals surface area (Å²) in [6, 6.07) is 14.0. The first kappa shape index (κ1) is 37.9. The van der Waals surface area contributed by atoms with Crippen LogP contribution in [-0.4, -0.2) is 110 Å². The van der Waals surface area contributed by atoms with Gasteiger partial charge in [0.25, 0.3) is 0 Å². The molecule has 6 rings (SSSR count). The number of likely N-dealkylation sites (tertiary alicyclic amines) is 1. The number of nitrogens with one attached hydrogen (secondary N) is 2. The molecule has 0 aliphatic carbocycles. The first-order chi connectivity index (χ1) is 24.4. The molecule has 4 heterocycles. The number of ether oxygens (including phenoxy) is 3. The highest BCUT2D eigenvalue weighted by atomic mass is 32.2. The fraction of sp³-hybridized carbons (Fsp3) is 0.622. The van der Waals surface area contributed by atoms with Crippen LogP contribution in [0, 0.1) is 17.8 Å². The number of nitrogens with zero attached hydrogens (tertiary/aromatic N) is 3. The van der Waals surface area contributed by atoms with E-state index in [0.717, 1.165) is 59.8 Å². The predicted octanol–water partition coefficient (Wildman–Crippen LogP) is 4.94. The highest BCUT2D eigenvalue weighted by Crippen LogP contribution is 2.33. The lowest BCUT2D eigenvalue weighted by atomic mass is 10.0. The smallest absolute Gasteiger partial charge is 0.407 e. The Hall–Kier alpha value is -2.85. The molecule has 5 atom stereocenters. The van der Waals surface area contributed by atoms with Crippen molar-refractivity contribution in [1.82, 2.24) is 19.5 Å². The monoisotopic (exact) mass is 743 g/mol. The zero-order valence-electron chi connectivity index (χ0n) is 30.1. The average molecular weight is 744 g/mol. The van der Waals surface area contributed by atoms with E-state index in [1.54, 1.807) is 18.2 Å². The third-order valence-corrected chi connectivity index (χ3v) is 12.6. The topological polar surface area (TPSA) is 143 Å². The van der Waals surface area contributed by atoms with Gasteiger partial charge in [-0.2, -0.15) is 4.31 Å². The number of aromatic nitrogens is 1. The van der Waals surface area contributed by atoms with Gasteiger partial charge in [-0.15, -0.1) is 0 Å². The van der Waals surface area contributed by atoms with Crippen molar-refractivity contribution in [2.45, 2.75) is 88.9 Å². The summed E-state index contributed by atoms with van der Waals surface area (Å²) in [6.07, 6.45) is 0.360. The van der Waals surface area contributed by atoms with Crippen molar-refractivity contribution in [2.75, 3.05) is 51.3 Å². The van der Waals surface area contributed by atoms with Crippen LogP contribution in [0.15, 0.2) is 53.4 Å². The Morgan fingerprint density at radius 1 is 1.06 bits per heavy atom. The lowest BCUT2D eigenvalue weighted by molar-refractivity contribution is -0.0907. The minimum atomic E-state index is -4.03. The minimum Gasteiger partial charge on any atom is -0.443 e. The van der Waals surface area contributed by atoms with Crippen molar-refractivity contribution < 1.29 is 32.5 Å². The number of carbonyl (C=O) groups is 1. The fourth-order valence-corrected chi connectivity index (χ4v) is 9.97. The molecule has 14 heteroatoms. The summed E-state index contributed by atoms with van der Waals surface area (Å²) in [5, 5.41) is 18.9. The van der Waals surface area contributed by atoms with E-state index in [1.165, 1.54) is 15.6 Å². The molecule has 3 aromatic rings. The summed E-state index contributed by atoms with van der Waals surface area (Å²) in [6.45, 7) is 12.4. The molecule has 280 valence electrons. The molecule has 3 aliphatic rings. The van der Waals surface area contributed by atoms with E-state index in [0.29, 0.717) is 18.6 Å². The molecule has 3 N–H and O–H groups in total. The largest absolute Gasteiger partial charge is 0.443 e. The number of hydrogen-bond donors (Lipinski definition) is 3. The van der Waals surface area contributed by atoms with Gasteiger partial charge < -0.3 is 34.9 Å². The van der Waals surface area contributed by atoms with Gasteiger partial charge in [0.2, 0.25) is 10.0 Å². The van der Waals surface area contributed by atoms with Gasteiger partial charge in [-0.1, -0.05) is 69.4 Å². The van der Waals surface area contributed by atoms with Crippen molar-refractivity contribution in [1.29, 1.82) is 0 Å². The number of rotatable bonds is 15. The number of carbonyl (C=O) groups excluding carboxylic acids is 1. The van der Waals surface area contributed by atoms with Gasteiger partial charge in [0.1, 0.15) is 6.10 Å². The number of aliphatic hydroxyl groups excluding tert-OH is 1. The van der Waals surface area contributed by atoms with Crippen LogP contribution in [-0.2, 0) is 30.7 Å². The Kier molecular flexibility index (Phi) is 12.5. The molecule has 0 saturated carbocycles. The van der Waals surface area contributed by atoms with Gasteiger partial charge in [0.05, 0.1) is 46.4 Å². The molecule has 2 aromatic carbocycles.